The van der Waals surface area contributed by atoms with Crippen molar-refractivity contribution in [3.05, 3.63) is 53.8 Å². The van der Waals surface area contributed by atoms with Crippen LogP contribution in [0, 0.1) is 11.3 Å². The normalized spacial score (nSPS) is 10.7. The molecule has 6 heteroatoms. The summed E-state index contributed by atoms with van der Waals surface area (Å²) in [6, 6.07) is 13.4. The maximum Gasteiger partial charge on any atom is 0.319 e. The van der Waals surface area contributed by atoms with E-state index in [2.05, 4.69) is 0 Å². The Labute approximate surface area is 120 Å². The highest BCUT2D eigenvalue weighted by atomic mass is 16.3. The molecule has 0 radical (unpaired) electrons. The van der Waals surface area contributed by atoms with Crippen molar-refractivity contribution in [2.75, 3.05) is 0 Å². The van der Waals surface area contributed by atoms with E-state index in [9.17, 15) is 9.59 Å². The Morgan fingerprint density at radius 2 is 1.90 bits per heavy atom. The summed E-state index contributed by atoms with van der Waals surface area (Å²) >= 11 is 0. The molecular formula is C15H11N3O3. The monoisotopic (exact) mass is 281 g/mol. The van der Waals surface area contributed by atoms with Gasteiger partial charge < -0.3 is 10.2 Å². The topological polar surface area (TPSA) is 109 Å². The first kappa shape index (κ1) is 14.1. The number of imide groups is 1. The number of carbonyl (C=O) groups is 2. The van der Waals surface area contributed by atoms with Gasteiger partial charge in [0.2, 0.25) is 0 Å². The lowest BCUT2D eigenvalue weighted by atomic mass is 10.2. The number of carbonyl (C=O) groups excluding carboxylic acids is 2. The van der Waals surface area contributed by atoms with Crippen LogP contribution in [0.5, 0.6) is 0 Å². The van der Waals surface area contributed by atoms with Crippen LogP contribution in [0.2, 0.25) is 0 Å². The van der Waals surface area contributed by atoms with Crippen molar-refractivity contribution in [3.8, 4) is 17.4 Å². The summed E-state index contributed by atoms with van der Waals surface area (Å²) in [5, 5.41) is 10.7. The van der Waals surface area contributed by atoms with Crippen LogP contribution in [0.15, 0.2) is 52.5 Å². The molecule has 3 amide bonds. The van der Waals surface area contributed by atoms with Gasteiger partial charge >= 0.3 is 6.03 Å². The molecule has 3 N–H and O–H groups in total. The minimum absolute atomic E-state index is 0.275. The quantitative estimate of drug-likeness (QED) is 0.662. The second-order valence-corrected chi connectivity index (χ2v) is 4.06. The van der Waals surface area contributed by atoms with Crippen LogP contribution < -0.4 is 11.1 Å². The zero-order valence-electron chi connectivity index (χ0n) is 10.9. The fourth-order valence-electron chi connectivity index (χ4n) is 1.66. The van der Waals surface area contributed by atoms with Gasteiger partial charge in [-0.2, -0.15) is 5.26 Å². The number of furan rings is 1. The molecule has 0 saturated carbocycles. The van der Waals surface area contributed by atoms with Gasteiger partial charge in [-0.1, -0.05) is 30.3 Å². The van der Waals surface area contributed by atoms with Gasteiger partial charge in [0.05, 0.1) is 0 Å². The highest BCUT2D eigenvalue weighted by Gasteiger charge is 2.12. The molecule has 0 saturated heterocycles. The number of nitrogens with zero attached hydrogens (tertiary/aromatic N) is 1. The first-order valence-corrected chi connectivity index (χ1v) is 5.98. The lowest BCUT2D eigenvalue weighted by Gasteiger charge is -1.98. The van der Waals surface area contributed by atoms with Gasteiger partial charge in [-0.3, -0.25) is 10.1 Å². The van der Waals surface area contributed by atoms with Crippen LogP contribution in [-0.4, -0.2) is 11.9 Å². The van der Waals surface area contributed by atoms with E-state index in [0.717, 1.165) is 5.56 Å². The number of primary amides is 1. The van der Waals surface area contributed by atoms with Gasteiger partial charge in [0, 0.05) is 11.6 Å². The van der Waals surface area contributed by atoms with Crippen molar-refractivity contribution in [3.63, 3.8) is 0 Å². The lowest BCUT2D eigenvalue weighted by molar-refractivity contribution is -0.115. The average molecular weight is 281 g/mol. The smallest absolute Gasteiger partial charge is 0.319 e. The van der Waals surface area contributed by atoms with E-state index in [-0.39, 0.29) is 5.57 Å². The second-order valence-electron chi connectivity index (χ2n) is 4.06. The third-order valence-corrected chi connectivity index (χ3v) is 2.57. The Morgan fingerprint density at radius 1 is 1.19 bits per heavy atom. The summed E-state index contributed by atoms with van der Waals surface area (Å²) in [5.74, 6) is 0.0575. The number of benzene rings is 1. The SMILES string of the molecule is N#C/C(=C/c1ccc(-c2ccccc2)o1)C(=O)NC(N)=O. The molecule has 6 nitrogen and oxygen atoms in total. The van der Waals surface area contributed by atoms with E-state index in [1.807, 2.05) is 35.6 Å². The zero-order chi connectivity index (χ0) is 15.2. The summed E-state index contributed by atoms with van der Waals surface area (Å²) in [7, 11) is 0. The number of nitrogens with two attached hydrogens (primary N) is 1. The molecule has 0 unspecified atom stereocenters. The van der Waals surface area contributed by atoms with E-state index in [1.54, 1.807) is 18.2 Å². The molecule has 21 heavy (non-hydrogen) atoms. The summed E-state index contributed by atoms with van der Waals surface area (Å²) in [6.45, 7) is 0. The number of urea groups is 1. The summed E-state index contributed by atoms with van der Waals surface area (Å²) in [6.07, 6.45) is 1.24. The molecule has 2 rings (SSSR count). The third kappa shape index (κ3) is 3.58. The zero-order valence-corrected chi connectivity index (χ0v) is 10.9. The Balaban J connectivity index is 2.25. The van der Waals surface area contributed by atoms with Gasteiger partial charge in [-0.25, -0.2) is 4.79 Å². The van der Waals surface area contributed by atoms with Gasteiger partial charge in [0.15, 0.2) is 0 Å². The predicted molar refractivity (Wildman–Crippen MR) is 75.5 cm³/mol. The fraction of sp³-hybridized carbons (Fsp3) is 0. The van der Waals surface area contributed by atoms with Crippen molar-refractivity contribution in [2.45, 2.75) is 0 Å². The van der Waals surface area contributed by atoms with Crippen LogP contribution in [0.3, 0.4) is 0 Å². The number of amides is 3. The molecule has 1 heterocycles. The third-order valence-electron chi connectivity index (χ3n) is 2.57. The van der Waals surface area contributed by atoms with Crippen molar-refractivity contribution in [1.82, 2.24) is 5.32 Å². The van der Waals surface area contributed by atoms with Crippen LogP contribution in [-0.2, 0) is 4.79 Å². The molecule has 0 aliphatic heterocycles. The Hall–Kier alpha value is -3.33. The molecular weight excluding hydrogens is 270 g/mol. The standard InChI is InChI=1S/C15H11N3O3/c16-9-11(14(19)18-15(17)20)8-12-6-7-13(21-12)10-4-2-1-3-5-10/h1-8H,(H3,17,18,19,20)/b11-8-. The lowest BCUT2D eigenvalue weighted by Crippen LogP contribution is -2.35. The largest absolute Gasteiger partial charge is 0.457 e. The number of nitriles is 1. The first-order chi connectivity index (χ1) is 10.1. The number of hydrogen-bond acceptors (Lipinski definition) is 4. The summed E-state index contributed by atoms with van der Waals surface area (Å²) in [5.41, 5.74) is 5.43. The maximum absolute atomic E-state index is 11.5. The van der Waals surface area contributed by atoms with Crippen molar-refractivity contribution < 1.29 is 14.0 Å². The molecule has 2 aromatic rings. The second kappa shape index (κ2) is 6.21. The van der Waals surface area contributed by atoms with E-state index in [1.165, 1.54) is 6.08 Å². The molecule has 1 aromatic carbocycles. The minimum Gasteiger partial charge on any atom is -0.457 e. The van der Waals surface area contributed by atoms with Gasteiger partial charge in [0.1, 0.15) is 23.2 Å². The number of nitrogens with one attached hydrogen (secondary N) is 1. The van der Waals surface area contributed by atoms with Crippen LogP contribution in [0.4, 0.5) is 4.79 Å². The maximum atomic E-state index is 11.5. The number of hydrogen-bond donors (Lipinski definition) is 2. The van der Waals surface area contributed by atoms with Gasteiger partial charge in [0.25, 0.3) is 5.91 Å². The van der Waals surface area contributed by atoms with Crippen molar-refractivity contribution in [2.24, 2.45) is 5.73 Å². The van der Waals surface area contributed by atoms with Crippen molar-refractivity contribution >= 4 is 18.0 Å². The van der Waals surface area contributed by atoms with Crippen molar-refractivity contribution in [1.29, 1.82) is 5.26 Å². The van der Waals surface area contributed by atoms with Crippen LogP contribution in [0.25, 0.3) is 17.4 Å². The molecule has 0 atom stereocenters. The van der Waals surface area contributed by atoms with E-state index < -0.39 is 11.9 Å². The Kier molecular flexibility index (Phi) is 4.17. The Bertz CT molecular complexity index is 739. The summed E-state index contributed by atoms with van der Waals surface area (Å²) < 4.78 is 5.53. The summed E-state index contributed by atoms with van der Waals surface area (Å²) in [4.78, 5) is 22.1. The number of rotatable bonds is 3. The molecule has 0 spiro atoms. The molecule has 0 aliphatic carbocycles. The molecule has 0 bridgehead atoms. The van der Waals surface area contributed by atoms with E-state index >= 15 is 0 Å². The highest BCUT2D eigenvalue weighted by molar-refractivity contribution is 6.08. The average Bonchev–Trinajstić information content (AvgIpc) is 2.93. The van der Waals surface area contributed by atoms with E-state index in [4.69, 9.17) is 15.4 Å². The van der Waals surface area contributed by atoms with Crippen LogP contribution in [0.1, 0.15) is 5.76 Å². The fourth-order valence-corrected chi connectivity index (χ4v) is 1.66. The molecule has 104 valence electrons. The first-order valence-electron chi connectivity index (χ1n) is 5.98. The minimum atomic E-state index is -1.02. The predicted octanol–water partition coefficient (Wildman–Crippen LogP) is 2.05. The van der Waals surface area contributed by atoms with E-state index in [0.29, 0.717) is 11.5 Å². The van der Waals surface area contributed by atoms with Gasteiger partial charge in [-0.15, -0.1) is 0 Å². The highest BCUT2D eigenvalue weighted by Crippen LogP contribution is 2.22. The molecule has 0 aliphatic rings. The van der Waals surface area contributed by atoms with Gasteiger partial charge in [-0.05, 0) is 12.1 Å². The Morgan fingerprint density at radius 3 is 2.52 bits per heavy atom. The molecule has 1 aromatic heterocycles. The van der Waals surface area contributed by atoms with Crippen LogP contribution >= 0.6 is 0 Å². The molecule has 0 fully saturated rings.